The van der Waals surface area contributed by atoms with Crippen LogP contribution in [0.5, 0.6) is 0 Å². The highest BCUT2D eigenvalue weighted by atomic mass is 16.3. The number of likely N-dealkylation sites (tertiary alicyclic amines) is 1. The second-order valence-electron chi connectivity index (χ2n) is 9.58. The summed E-state index contributed by atoms with van der Waals surface area (Å²) in [7, 11) is 0. The molecule has 8 nitrogen and oxygen atoms in total. The van der Waals surface area contributed by atoms with E-state index in [1.807, 2.05) is 65.6 Å². The minimum atomic E-state index is -1.04. The molecular weight excluding hydrogens is 454 g/mol. The Hall–Kier alpha value is -3.65. The Morgan fingerprint density at radius 2 is 1.67 bits per heavy atom. The molecule has 1 fully saturated rings. The van der Waals surface area contributed by atoms with Crippen LogP contribution < -0.4 is 16.2 Å². The third kappa shape index (κ3) is 6.95. The van der Waals surface area contributed by atoms with E-state index in [0.29, 0.717) is 51.3 Å². The normalized spacial score (nSPS) is 15.8. The SMILES string of the molecule is CC(CC(=O)N1CCC(O)(Cn2cnc(NCCNc3ccccc3)cc2=O)CC1)c1ccccc1. The van der Waals surface area contributed by atoms with Gasteiger partial charge in [-0.2, -0.15) is 0 Å². The number of piperidine rings is 1. The summed E-state index contributed by atoms with van der Waals surface area (Å²) in [4.78, 5) is 31.6. The standard InChI is InChI=1S/C28H35N5O3/c1-22(23-8-4-2-5-9-23)18-26(34)32-16-12-28(36,13-17-32)20-33-21-31-25(19-27(33)35)30-15-14-29-24-10-6-3-7-11-24/h2-11,19,21-22,29-30,36H,12-18,20H2,1H3. The van der Waals surface area contributed by atoms with Gasteiger partial charge in [-0.05, 0) is 36.5 Å². The summed E-state index contributed by atoms with van der Waals surface area (Å²) in [6, 6.07) is 21.4. The first-order chi connectivity index (χ1) is 17.4. The van der Waals surface area contributed by atoms with E-state index in [4.69, 9.17) is 0 Å². The number of carbonyl (C=O) groups is 1. The monoisotopic (exact) mass is 489 g/mol. The Labute approximate surface area is 212 Å². The fourth-order valence-electron chi connectivity index (χ4n) is 4.53. The molecular formula is C28H35N5O3. The first-order valence-electron chi connectivity index (χ1n) is 12.6. The second-order valence-corrected chi connectivity index (χ2v) is 9.58. The van der Waals surface area contributed by atoms with Crippen molar-refractivity contribution in [2.75, 3.05) is 36.8 Å². The lowest BCUT2D eigenvalue weighted by Crippen LogP contribution is -2.49. The van der Waals surface area contributed by atoms with Crippen molar-refractivity contribution in [2.24, 2.45) is 0 Å². The van der Waals surface area contributed by atoms with Crippen molar-refractivity contribution in [3.05, 3.63) is 89.0 Å². The van der Waals surface area contributed by atoms with Gasteiger partial charge >= 0.3 is 0 Å². The molecule has 8 heteroatoms. The Balaban J connectivity index is 1.23. The van der Waals surface area contributed by atoms with Gasteiger partial charge < -0.3 is 20.6 Å². The molecule has 1 aliphatic rings. The Kier molecular flexibility index (Phi) is 8.38. The molecule has 0 aliphatic carbocycles. The van der Waals surface area contributed by atoms with E-state index in [-0.39, 0.29) is 23.9 Å². The summed E-state index contributed by atoms with van der Waals surface area (Å²) in [5.41, 5.74) is 0.931. The first-order valence-corrected chi connectivity index (χ1v) is 12.6. The number of hydrogen-bond donors (Lipinski definition) is 3. The van der Waals surface area contributed by atoms with Crippen molar-refractivity contribution in [3.8, 4) is 0 Å². The molecule has 0 spiro atoms. The molecule has 1 aromatic heterocycles. The van der Waals surface area contributed by atoms with Gasteiger partial charge in [0.1, 0.15) is 5.82 Å². The minimum absolute atomic E-state index is 0.101. The molecule has 0 radical (unpaired) electrons. The fraction of sp³-hybridized carbons (Fsp3) is 0.393. The average molecular weight is 490 g/mol. The van der Waals surface area contributed by atoms with E-state index in [2.05, 4.69) is 22.5 Å². The highest BCUT2D eigenvalue weighted by Crippen LogP contribution is 2.26. The van der Waals surface area contributed by atoms with Gasteiger partial charge in [0.05, 0.1) is 18.5 Å². The summed E-state index contributed by atoms with van der Waals surface area (Å²) in [6.45, 7) is 4.48. The van der Waals surface area contributed by atoms with Crippen LogP contribution in [0.25, 0.3) is 0 Å². The number of nitrogens with one attached hydrogen (secondary N) is 2. The lowest BCUT2D eigenvalue weighted by molar-refractivity contribution is -0.136. The highest BCUT2D eigenvalue weighted by molar-refractivity contribution is 5.77. The zero-order valence-corrected chi connectivity index (χ0v) is 20.8. The quantitative estimate of drug-likeness (QED) is 0.378. The average Bonchev–Trinajstić information content (AvgIpc) is 2.89. The Morgan fingerprint density at radius 1 is 1.03 bits per heavy atom. The van der Waals surface area contributed by atoms with Crippen LogP contribution in [0.3, 0.4) is 0 Å². The zero-order valence-electron chi connectivity index (χ0n) is 20.8. The predicted octanol–water partition coefficient (Wildman–Crippen LogP) is 3.31. The minimum Gasteiger partial charge on any atom is -0.388 e. The maximum absolute atomic E-state index is 12.8. The molecule has 0 bridgehead atoms. The molecule has 36 heavy (non-hydrogen) atoms. The molecule has 1 amide bonds. The van der Waals surface area contributed by atoms with Gasteiger partial charge in [-0.1, -0.05) is 55.5 Å². The van der Waals surface area contributed by atoms with Crippen LogP contribution in [0.2, 0.25) is 0 Å². The van der Waals surface area contributed by atoms with E-state index in [0.717, 1.165) is 11.3 Å². The number of amides is 1. The topological polar surface area (TPSA) is 99.5 Å². The van der Waals surface area contributed by atoms with Crippen LogP contribution in [-0.4, -0.2) is 57.2 Å². The third-order valence-electron chi connectivity index (χ3n) is 6.77. The number of nitrogens with zero attached hydrogens (tertiary/aromatic N) is 3. The zero-order chi connectivity index (χ0) is 25.4. The number of carbonyl (C=O) groups excluding carboxylic acids is 1. The van der Waals surface area contributed by atoms with E-state index in [9.17, 15) is 14.7 Å². The molecule has 2 heterocycles. The van der Waals surface area contributed by atoms with Crippen LogP contribution >= 0.6 is 0 Å². The number of anilines is 2. The van der Waals surface area contributed by atoms with Crippen LogP contribution in [0, 0.1) is 0 Å². The predicted molar refractivity (Wildman–Crippen MR) is 142 cm³/mol. The number of rotatable bonds is 10. The van der Waals surface area contributed by atoms with Crippen molar-refractivity contribution in [2.45, 2.75) is 44.2 Å². The lowest BCUT2D eigenvalue weighted by Gasteiger charge is -2.38. The highest BCUT2D eigenvalue weighted by Gasteiger charge is 2.34. The van der Waals surface area contributed by atoms with Gasteiger partial charge in [-0.25, -0.2) is 4.98 Å². The van der Waals surface area contributed by atoms with Crippen molar-refractivity contribution in [3.63, 3.8) is 0 Å². The molecule has 4 rings (SSSR count). The lowest BCUT2D eigenvalue weighted by atomic mass is 9.90. The van der Waals surface area contributed by atoms with Crippen molar-refractivity contribution in [1.82, 2.24) is 14.5 Å². The third-order valence-corrected chi connectivity index (χ3v) is 6.77. The van der Waals surface area contributed by atoms with E-state index < -0.39 is 5.60 Å². The van der Waals surface area contributed by atoms with Gasteiger partial charge in [0.25, 0.3) is 5.56 Å². The summed E-state index contributed by atoms with van der Waals surface area (Å²) in [5.74, 6) is 0.751. The van der Waals surface area contributed by atoms with Crippen LogP contribution in [0.15, 0.2) is 77.9 Å². The van der Waals surface area contributed by atoms with E-state index >= 15 is 0 Å². The molecule has 1 aliphatic heterocycles. The van der Waals surface area contributed by atoms with E-state index in [1.165, 1.54) is 17.0 Å². The van der Waals surface area contributed by atoms with Gasteiger partial charge in [-0.3, -0.25) is 14.2 Å². The van der Waals surface area contributed by atoms with Gasteiger partial charge in [0.15, 0.2) is 0 Å². The van der Waals surface area contributed by atoms with Gasteiger partial charge in [0, 0.05) is 44.4 Å². The van der Waals surface area contributed by atoms with Crippen LogP contribution in [-0.2, 0) is 11.3 Å². The van der Waals surface area contributed by atoms with Crippen molar-refractivity contribution in [1.29, 1.82) is 0 Å². The number of aromatic nitrogens is 2. The van der Waals surface area contributed by atoms with Gasteiger partial charge in [-0.15, -0.1) is 0 Å². The summed E-state index contributed by atoms with van der Waals surface area (Å²) in [5, 5.41) is 17.6. The Morgan fingerprint density at radius 3 is 2.33 bits per heavy atom. The second kappa shape index (κ2) is 11.9. The van der Waals surface area contributed by atoms with Gasteiger partial charge in [0.2, 0.25) is 5.91 Å². The largest absolute Gasteiger partial charge is 0.388 e. The summed E-state index contributed by atoms with van der Waals surface area (Å²) < 4.78 is 1.45. The maximum atomic E-state index is 12.8. The summed E-state index contributed by atoms with van der Waals surface area (Å²) >= 11 is 0. The molecule has 0 saturated carbocycles. The fourth-order valence-corrected chi connectivity index (χ4v) is 4.53. The van der Waals surface area contributed by atoms with Crippen LogP contribution in [0.1, 0.15) is 37.7 Å². The molecule has 1 atom stereocenters. The first kappa shape index (κ1) is 25.4. The maximum Gasteiger partial charge on any atom is 0.255 e. The Bertz CT molecular complexity index is 1170. The molecule has 190 valence electrons. The molecule has 2 aromatic carbocycles. The summed E-state index contributed by atoms with van der Waals surface area (Å²) in [6.07, 6.45) is 2.78. The number of para-hydroxylation sites is 1. The molecule has 3 aromatic rings. The molecule has 3 N–H and O–H groups in total. The number of hydrogen-bond acceptors (Lipinski definition) is 6. The molecule has 1 saturated heterocycles. The van der Waals surface area contributed by atoms with Crippen molar-refractivity contribution >= 4 is 17.4 Å². The van der Waals surface area contributed by atoms with Crippen LogP contribution in [0.4, 0.5) is 11.5 Å². The number of aliphatic hydroxyl groups is 1. The molecule has 1 unspecified atom stereocenters. The van der Waals surface area contributed by atoms with Crippen molar-refractivity contribution < 1.29 is 9.90 Å². The number of benzene rings is 2. The van der Waals surface area contributed by atoms with E-state index in [1.54, 1.807) is 0 Å². The smallest absolute Gasteiger partial charge is 0.255 e.